The average Bonchev–Trinajstić information content (AvgIpc) is 3.93. The molecule has 0 aromatic heterocycles. The highest BCUT2D eigenvalue weighted by atomic mass is 35.5. The molecule has 45 heavy (non-hydrogen) atoms. The van der Waals surface area contributed by atoms with Crippen LogP contribution in [0.15, 0.2) is 72.8 Å². The van der Waals surface area contributed by atoms with Gasteiger partial charge in [-0.2, -0.15) is 0 Å². The van der Waals surface area contributed by atoms with Gasteiger partial charge in [0.1, 0.15) is 18.0 Å². The summed E-state index contributed by atoms with van der Waals surface area (Å²) in [7, 11) is -2.44. The fraction of sp³-hybridized carbons (Fsp3) is 0.394. The number of rotatable bonds is 11. The Morgan fingerprint density at radius 1 is 1.00 bits per heavy atom. The Hall–Kier alpha value is -3.18. The molecule has 3 aromatic carbocycles. The molecule has 2 aliphatic carbocycles. The number of hydrogen-bond donors (Lipinski definition) is 1. The summed E-state index contributed by atoms with van der Waals surface area (Å²) < 4.78 is 50.7. The SMILES string of the molecule is CNC(=O)C[C@H]1O[C@H](c2cccc(Cl)c2)[C@@H](c2ccc(Cl)cc2)N([C@H](CN(c2ccccc2F)S(=O)(=O)C2CC2)C2CC2)C1=O. The maximum absolute atomic E-state index is 15.3. The molecule has 1 N–H and O–H groups in total. The van der Waals surface area contributed by atoms with E-state index >= 15 is 4.39 Å². The number of hydrogen-bond acceptors (Lipinski definition) is 5. The lowest BCUT2D eigenvalue weighted by Gasteiger charge is -2.49. The second-order valence-corrected chi connectivity index (χ2v) is 14.9. The number of morpholine rings is 1. The van der Waals surface area contributed by atoms with Gasteiger partial charge in [-0.15, -0.1) is 0 Å². The number of carbonyl (C=O) groups excluding carboxylic acids is 2. The number of benzene rings is 3. The number of ether oxygens (including phenoxy) is 1. The first-order valence-corrected chi connectivity index (χ1v) is 17.3. The normalized spacial score (nSPS) is 22.6. The number of para-hydroxylation sites is 1. The minimum absolute atomic E-state index is 0.0490. The third-order valence-corrected chi connectivity index (χ3v) is 11.5. The highest BCUT2D eigenvalue weighted by Crippen LogP contribution is 2.49. The first-order chi connectivity index (χ1) is 21.6. The summed E-state index contributed by atoms with van der Waals surface area (Å²) in [6.07, 6.45) is 0.372. The van der Waals surface area contributed by atoms with Crippen molar-refractivity contribution < 1.29 is 27.1 Å². The maximum atomic E-state index is 15.3. The molecule has 0 unspecified atom stereocenters. The summed E-state index contributed by atoms with van der Waals surface area (Å²) in [4.78, 5) is 28.9. The van der Waals surface area contributed by atoms with Crippen LogP contribution in [0.5, 0.6) is 0 Å². The van der Waals surface area contributed by atoms with E-state index in [2.05, 4.69) is 5.32 Å². The Kier molecular flexibility index (Phi) is 9.12. The van der Waals surface area contributed by atoms with Crippen molar-refractivity contribution in [2.24, 2.45) is 5.92 Å². The minimum atomic E-state index is -3.93. The van der Waals surface area contributed by atoms with Gasteiger partial charge in [-0.25, -0.2) is 12.8 Å². The van der Waals surface area contributed by atoms with Crippen LogP contribution < -0.4 is 9.62 Å². The average molecular weight is 675 g/mol. The van der Waals surface area contributed by atoms with Crippen molar-refractivity contribution in [3.8, 4) is 0 Å². The van der Waals surface area contributed by atoms with Gasteiger partial charge in [-0.05, 0) is 79.1 Å². The monoisotopic (exact) mass is 673 g/mol. The summed E-state index contributed by atoms with van der Waals surface area (Å²) in [6, 6.07) is 18.6. The Morgan fingerprint density at radius 3 is 2.33 bits per heavy atom. The van der Waals surface area contributed by atoms with Crippen LogP contribution >= 0.6 is 23.2 Å². The molecule has 1 saturated heterocycles. The number of anilines is 1. The van der Waals surface area contributed by atoms with E-state index in [4.69, 9.17) is 27.9 Å². The quantitative estimate of drug-likeness (QED) is 0.267. The van der Waals surface area contributed by atoms with Gasteiger partial charge in [-0.1, -0.05) is 59.6 Å². The lowest BCUT2D eigenvalue weighted by molar-refractivity contribution is -0.181. The molecular weight excluding hydrogens is 640 g/mol. The molecule has 12 heteroatoms. The van der Waals surface area contributed by atoms with E-state index in [1.165, 1.54) is 25.2 Å². The Balaban J connectivity index is 1.50. The molecule has 2 amide bonds. The van der Waals surface area contributed by atoms with Gasteiger partial charge >= 0.3 is 0 Å². The number of nitrogens with zero attached hydrogens (tertiary/aromatic N) is 2. The molecule has 0 radical (unpaired) electrons. The zero-order valence-corrected chi connectivity index (χ0v) is 26.9. The van der Waals surface area contributed by atoms with Crippen molar-refractivity contribution in [1.29, 1.82) is 0 Å². The maximum Gasteiger partial charge on any atom is 0.253 e. The summed E-state index contributed by atoms with van der Waals surface area (Å²) in [6.45, 7) is -0.144. The van der Waals surface area contributed by atoms with Crippen LogP contribution in [0.4, 0.5) is 10.1 Å². The van der Waals surface area contributed by atoms with Crippen LogP contribution in [0, 0.1) is 11.7 Å². The number of carbonyl (C=O) groups is 2. The molecule has 2 saturated carbocycles. The third kappa shape index (κ3) is 6.70. The summed E-state index contributed by atoms with van der Waals surface area (Å²) >= 11 is 12.7. The fourth-order valence-electron chi connectivity index (χ4n) is 6.13. The van der Waals surface area contributed by atoms with E-state index in [1.807, 2.05) is 18.2 Å². The van der Waals surface area contributed by atoms with E-state index < -0.39 is 51.3 Å². The zero-order valence-electron chi connectivity index (χ0n) is 24.6. The van der Waals surface area contributed by atoms with Gasteiger partial charge in [0.25, 0.3) is 5.91 Å². The summed E-state index contributed by atoms with van der Waals surface area (Å²) in [5.41, 5.74) is 1.35. The molecule has 0 spiro atoms. The highest BCUT2D eigenvalue weighted by Gasteiger charge is 2.52. The van der Waals surface area contributed by atoms with Crippen molar-refractivity contribution in [3.63, 3.8) is 0 Å². The highest BCUT2D eigenvalue weighted by molar-refractivity contribution is 7.93. The van der Waals surface area contributed by atoms with Gasteiger partial charge in [0.2, 0.25) is 15.9 Å². The van der Waals surface area contributed by atoms with E-state index in [9.17, 15) is 18.0 Å². The Bertz CT molecular complexity index is 1680. The molecule has 8 nitrogen and oxygen atoms in total. The standard InChI is InChI=1S/C33H34Cl2FN3O5S/c1-37-30(40)18-29-33(41)39(31(21-11-13-23(34)14-12-21)32(44-29)22-5-4-6-24(35)17-22)28(20-9-10-20)19-38(45(42,43)25-15-16-25)27-8-3-2-7-26(27)36/h2-8,11-14,17,20,25,28-29,31-32H,9-10,15-16,18-19H2,1H3,(H,37,40)/t28-,29-,31-,32-/m1/s1. The molecule has 238 valence electrons. The first kappa shape index (κ1) is 31.8. The minimum Gasteiger partial charge on any atom is -0.359 e. The van der Waals surface area contributed by atoms with Crippen molar-refractivity contribution in [3.05, 3.63) is 99.8 Å². The molecule has 3 fully saturated rings. The molecule has 1 aliphatic heterocycles. The molecule has 6 rings (SSSR count). The molecule has 3 aliphatic rings. The van der Waals surface area contributed by atoms with Gasteiger partial charge in [0.15, 0.2) is 0 Å². The predicted molar refractivity (Wildman–Crippen MR) is 171 cm³/mol. The lowest BCUT2D eigenvalue weighted by atomic mass is 9.89. The van der Waals surface area contributed by atoms with E-state index in [0.29, 0.717) is 34.0 Å². The molecular formula is C33H34Cl2FN3O5S. The van der Waals surface area contributed by atoms with E-state index in [1.54, 1.807) is 41.3 Å². The number of sulfonamides is 1. The lowest BCUT2D eigenvalue weighted by Crippen LogP contribution is -2.59. The largest absolute Gasteiger partial charge is 0.359 e. The summed E-state index contributed by atoms with van der Waals surface area (Å²) in [5, 5.41) is 2.94. The van der Waals surface area contributed by atoms with Gasteiger partial charge in [-0.3, -0.25) is 13.9 Å². The first-order valence-electron chi connectivity index (χ1n) is 15.0. The number of amides is 2. The van der Waals surface area contributed by atoms with Crippen LogP contribution in [0.3, 0.4) is 0 Å². The van der Waals surface area contributed by atoms with Crippen LogP contribution in [-0.4, -0.2) is 56.1 Å². The van der Waals surface area contributed by atoms with Gasteiger partial charge in [0.05, 0.1) is 36.0 Å². The van der Waals surface area contributed by atoms with Gasteiger partial charge in [0, 0.05) is 17.1 Å². The second-order valence-electron chi connectivity index (χ2n) is 11.9. The topological polar surface area (TPSA) is 96.0 Å². The number of nitrogens with one attached hydrogen (secondary N) is 1. The van der Waals surface area contributed by atoms with Crippen molar-refractivity contribution >= 4 is 50.7 Å². The van der Waals surface area contributed by atoms with Gasteiger partial charge < -0.3 is 15.0 Å². The fourth-order valence-corrected chi connectivity index (χ4v) is 8.33. The summed E-state index contributed by atoms with van der Waals surface area (Å²) in [5.74, 6) is -1.53. The predicted octanol–water partition coefficient (Wildman–Crippen LogP) is 6.06. The zero-order chi connectivity index (χ0) is 31.9. The van der Waals surface area contributed by atoms with Crippen molar-refractivity contribution in [2.75, 3.05) is 17.9 Å². The van der Waals surface area contributed by atoms with Crippen LogP contribution in [0.25, 0.3) is 0 Å². The second kappa shape index (κ2) is 12.9. The molecule has 1 heterocycles. The van der Waals surface area contributed by atoms with Crippen molar-refractivity contribution in [2.45, 2.75) is 61.6 Å². The van der Waals surface area contributed by atoms with Crippen LogP contribution in [0.1, 0.15) is 55.4 Å². The smallest absolute Gasteiger partial charge is 0.253 e. The molecule has 4 atom stereocenters. The van der Waals surface area contributed by atoms with Crippen LogP contribution in [0.2, 0.25) is 10.0 Å². The Labute approximate surface area is 272 Å². The Morgan fingerprint density at radius 2 is 1.71 bits per heavy atom. The molecule has 3 aromatic rings. The van der Waals surface area contributed by atoms with E-state index in [-0.39, 0.29) is 30.5 Å². The van der Waals surface area contributed by atoms with Crippen molar-refractivity contribution in [1.82, 2.24) is 10.2 Å². The van der Waals surface area contributed by atoms with Crippen LogP contribution in [-0.2, 0) is 24.3 Å². The third-order valence-electron chi connectivity index (χ3n) is 8.72. The van der Waals surface area contributed by atoms with E-state index in [0.717, 1.165) is 17.1 Å². The molecule has 0 bridgehead atoms. The number of halogens is 3.